The lowest BCUT2D eigenvalue weighted by Crippen LogP contribution is -2.05. The van der Waals surface area contributed by atoms with E-state index in [0.29, 0.717) is 6.61 Å². The second kappa shape index (κ2) is 4.00. The van der Waals surface area contributed by atoms with E-state index in [9.17, 15) is 0 Å². The van der Waals surface area contributed by atoms with Gasteiger partial charge in [-0.15, -0.1) is 0 Å². The van der Waals surface area contributed by atoms with Gasteiger partial charge >= 0.3 is 0 Å². The number of aromatic nitrogens is 2. The average Bonchev–Trinajstić information content (AvgIpc) is 2.03. The number of rotatable bonds is 3. The van der Waals surface area contributed by atoms with Crippen LogP contribution in [0.5, 0.6) is 0 Å². The van der Waals surface area contributed by atoms with Gasteiger partial charge < -0.3 is 4.84 Å². The molecule has 1 rings (SSSR count). The quantitative estimate of drug-likeness (QED) is 0.631. The van der Waals surface area contributed by atoms with Gasteiger partial charge in [-0.05, 0) is 12.5 Å². The maximum Gasteiger partial charge on any atom is 0.115 e. The molecule has 0 amide bonds. The number of hydrogen-bond acceptors (Lipinski definition) is 4. The van der Waals surface area contributed by atoms with Crippen LogP contribution in [-0.4, -0.2) is 16.6 Å². The minimum Gasteiger partial charge on any atom is -0.304 e. The monoisotopic (exact) mass is 153 g/mol. The first-order valence-electron chi connectivity index (χ1n) is 3.41. The first-order chi connectivity index (χ1) is 5.34. The van der Waals surface area contributed by atoms with Gasteiger partial charge in [-0.1, -0.05) is 0 Å². The molecule has 0 saturated heterocycles. The summed E-state index contributed by atoms with van der Waals surface area (Å²) < 4.78 is 0. The molecule has 0 fully saturated rings. The molecule has 1 aromatic rings. The Labute approximate surface area is 65.4 Å². The fourth-order valence-corrected chi connectivity index (χ4v) is 0.834. The summed E-state index contributed by atoms with van der Waals surface area (Å²) in [6.45, 7) is 2.45. The average molecular weight is 153 g/mol. The summed E-state index contributed by atoms with van der Waals surface area (Å²) in [7, 11) is 0. The SMILES string of the molecule is Cc1ncncc1CCON. The standard InChI is InChI=1S/C7H11N3O/c1-6-7(2-3-11-8)4-9-5-10-6/h4-5H,2-3,8H2,1H3. The molecule has 0 radical (unpaired) electrons. The Bertz CT molecular complexity index is 227. The highest BCUT2D eigenvalue weighted by molar-refractivity contribution is 5.13. The Morgan fingerprint density at radius 1 is 1.64 bits per heavy atom. The zero-order valence-corrected chi connectivity index (χ0v) is 6.45. The summed E-state index contributed by atoms with van der Waals surface area (Å²) >= 11 is 0. The zero-order valence-electron chi connectivity index (χ0n) is 6.45. The summed E-state index contributed by atoms with van der Waals surface area (Å²) in [6.07, 6.45) is 4.08. The minimum atomic E-state index is 0.508. The number of aryl methyl sites for hydroxylation is 1. The third-order valence-corrected chi connectivity index (χ3v) is 1.50. The van der Waals surface area contributed by atoms with E-state index in [4.69, 9.17) is 5.90 Å². The second-order valence-electron chi connectivity index (χ2n) is 2.25. The van der Waals surface area contributed by atoms with E-state index in [1.807, 2.05) is 6.92 Å². The molecule has 1 aromatic heterocycles. The molecule has 0 spiro atoms. The highest BCUT2D eigenvalue weighted by Gasteiger charge is 1.97. The van der Waals surface area contributed by atoms with Crippen molar-refractivity contribution in [3.63, 3.8) is 0 Å². The van der Waals surface area contributed by atoms with Gasteiger partial charge in [0.2, 0.25) is 0 Å². The largest absolute Gasteiger partial charge is 0.304 e. The Kier molecular flexibility index (Phi) is 2.95. The van der Waals surface area contributed by atoms with Crippen molar-refractivity contribution in [2.45, 2.75) is 13.3 Å². The molecule has 0 aliphatic carbocycles. The van der Waals surface area contributed by atoms with Crippen LogP contribution in [-0.2, 0) is 11.3 Å². The van der Waals surface area contributed by atoms with Gasteiger partial charge in [-0.25, -0.2) is 15.9 Å². The van der Waals surface area contributed by atoms with E-state index in [2.05, 4.69) is 14.8 Å². The van der Waals surface area contributed by atoms with Crippen LogP contribution < -0.4 is 5.90 Å². The fourth-order valence-electron chi connectivity index (χ4n) is 0.834. The minimum absolute atomic E-state index is 0.508. The Hall–Kier alpha value is -1.00. The van der Waals surface area contributed by atoms with Crippen LogP contribution in [0.3, 0.4) is 0 Å². The van der Waals surface area contributed by atoms with Crippen molar-refractivity contribution in [3.05, 3.63) is 23.8 Å². The summed E-state index contributed by atoms with van der Waals surface area (Å²) in [5, 5.41) is 0. The molecular weight excluding hydrogens is 142 g/mol. The molecule has 0 aliphatic rings. The van der Waals surface area contributed by atoms with Gasteiger partial charge in [-0.2, -0.15) is 0 Å². The van der Waals surface area contributed by atoms with Crippen molar-refractivity contribution < 1.29 is 4.84 Å². The molecule has 0 saturated carbocycles. The van der Waals surface area contributed by atoms with E-state index in [0.717, 1.165) is 17.7 Å². The van der Waals surface area contributed by atoms with Gasteiger partial charge in [0.15, 0.2) is 0 Å². The smallest absolute Gasteiger partial charge is 0.115 e. The third-order valence-electron chi connectivity index (χ3n) is 1.50. The van der Waals surface area contributed by atoms with Gasteiger partial charge in [0, 0.05) is 18.3 Å². The molecule has 0 aliphatic heterocycles. The Balaban J connectivity index is 2.62. The molecule has 0 atom stereocenters. The molecule has 2 N–H and O–H groups in total. The van der Waals surface area contributed by atoms with E-state index in [1.165, 1.54) is 6.33 Å². The second-order valence-corrected chi connectivity index (χ2v) is 2.25. The van der Waals surface area contributed by atoms with Crippen LogP contribution in [0.25, 0.3) is 0 Å². The predicted molar refractivity (Wildman–Crippen MR) is 40.6 cm³/mol. The normalized spacial score (nSPS) is 10.0. The van der Waals surface area contributed by atoms with Crippen LogP contribution in [0, 0.1) is 6.92 Å². The maximum absolute atomic E-state index is 4.89. The molecule has 4 heteroatoms. The summed E-state index contributed by atoms with van der Waals surface area (Å²) in [4.78, 5) is 12.4. The lowest BCUT2D eigenvalue weighted by atomic mass is 10.2. The van der Waals surface area contributed by atoms with Crippen LogP contribution in [0.1, 0.15) is 11.3 Å². The van der Waals surface area contributed by atoms with Crippen LogP contribution in [0.15, 0.2) is 12.5 Å². The third kappa shape index (κ3) is 2.25. The summed E-state index contributed by atoms with van der Waals surface area (Å²) in [6, 6.07) is 0. The predicted octanol–water partition coefficient (Wildman–Crippen LogP) is 0.218. The first-order valence-corrected chi connectivity index (χ1v) is 3.41. The summed E-state index contributed by atoms with van der Waals surface area (Å²) in [5.74, 6) is 4.89. The van der Waals surface area contributed by atoms with Crippen molar-refractivity contribution in [1.82, 2.24) is 9.97 Å². The van der Waals surface area contributed by atoms with E-state index >= 15 is 0 Å². The topological polar surface area (TPSA) is 61.0 Å². The fraction of sp³-hybridized carbons (Fsp3) is 0.429. The molecule has 4 nitrogen and oxygen atoms in total. The molecule has 1 heterocycles. The van der Waals surface area contributed by atoms with Crippen molar-refractivity contribution in [3.8, 4) is 0 Å². The Morgan fingerprint density at radius 2 is 2.45 bits per heavy atom. The molecule has 0 bridgehead atoms. The number of nitrogens with zero attached hydrogens (tertiary/aromatic N) is 2. The van der Waals surface area contributed by atoms with E-state index in [-0.39, 0.29) is 0 Å². The van der Waals surface area contributed by atoms with Crippen molar-refractivity contribution in [2.24, 2.45) is 5.90 Å². The number of nitrogens with two attached hydrogens (primary N) is 1. The molecule has 0 unspecified atom stereocenters. The lowest BCUT2D eigenvalue weighted by molar-refractivity contribution is 0.141. The molecule has 11 heavy (non-hydrogen) atoms. The van der Waals surface area contributed by atoms with Crippen LogP contribution in [0.4, 0.5) is 0 Å². The first kappa shape index (κ1) is 8.10. The van der Waals surface area contributed by atoms with E-state index in [1.54, 1.807) is 6.20 Å². The lowest BCUT2D eigenvalue weighted by Gasteiger charge is -2.00. The van der Waals surface area contributed by atoms with Gasteiger partial charge in [0.1, 0.15) is 6.33 Å². The van der Waals surface area contributed by atoms with Crippen molar-refractivity contribution in [1.29, 1.82) is 0 Å². The molecule has 0 aromatic carbocycles. The van der Waals surface area contributed by atoms with Gasteiger partial charge in [0.05, 0.1) is 6.61 Å². The highest BCUT2D eigenvalue weighted by Crippen LogP contribution is 2.01. The van der Waals surface area contributed by atoms with Crippen LogP contribution in [0.2, 0.25) is 0 Å². The summed E-state index contributed by atoms with van der Waals surface area (Å²) in [5.41, 5.74) is 2.06. The van der Waals surface area contributed by atoms with Gasteiger partial charge in [0.25, 0.3) is 0 Å². The molecule has 60 valence electrons. The van der Waals surface area contributed by atoms with Crippen molar-refractivity contribution >= 4 is 0 Å². The van der Waals surface area contributed by atoms with Crippen molar-refractivity contribution in [2.75, 3.05) is 6.61 Å². The van der Waals surface area contributed by atoms with Gasteiger partial charge in [-0.3, -0.25) is 0 Å². The number of hydrogen-bond donors (Lipinski definition) is 1. The maximum atomic E-state index is 4.89. The highest BCUT2D eigenvalue weighted by atomic mass is 16.6. The Morgan fingerprint density at radius 3 is 3.09 bits per heavy atom. The molecular formula is C7H11N3O. The van der Waals surface area contributed by atoms with E-state index < -0.39 is 0 Å². The van der Waals surface area contributed by atoms with Crippen LogP contribution >= 0.6 is 0 Å². The zero-order chi connectivity index (χ0) is 8.10.